The number of carbonyl (C=O) groups is 5. The molecule has 4 heterocycles. The van der Waals surface area contributed by atoms with Gasteiger partial charge in [0.1, 0.15) is 18.4 Å². The fourth-order valence-electron chi connectivity index (χ4n) is 6.65. The molecule has 242 valence electrons. The number of likely N-dealkylation sites (tertiary alicyclic amines) is 1. The van der Waals surface area contributed by atoms with Gasteiger partial charge in [-0.15, -0.1) is 0 Å². The summed E-state index contributed by atoms with van der Waals surface area (Å²) in [4.78, 5) is 73.2. The summed E-state index contributed by atoms with van der Waals surface area (Å²) >= 11 is 0. The van der Waals surface area contributed by atoms with Crippen LogP contribution >= 0.6 is 0 Å². The van der Waals surface area contributed by atoms with E-state index in [1.165, 1.54) is 4.90 Å². The maximum atomic E-state index is 14.0. The van der Waals surface area contributed by atoms with Gasteiger partial charge in [0, 0.05) is 31.6 Å². The van der Waals surface area contributed by atoms with E-state index in [1.807, 2.05) is 13.8 Å². The molecule has 4 fully saturated rings. The molecule has 4 rings (SSSR count). The van der Waals surface area contributed by atoms with Crippen molar-refractivity contribution in [3.05, 3.63) is 0 Å². The van der Waals surface area contributed by atoms with E-state index < -0.39 is 29.9 Å². The Bertz CT molecular complexity index is 989. The average Bonchev–Trinajstić information content (AvgIpc) is 3.48. The Morgan fingerprint density at radius 2 is 1.67 bits per heavy atom. The standard InChI is InChI=1S/C30H52N8O5/c1-3-7-21(8-4-2)27(41)36-23(17-26(40)35-24-18-37-15-11-20(24)12-16-37)29(43)38-14-6-10-25(38)28(42)34-22(19-39)9-5-13-33-30(31)32/h19-25H,3-18H2,1-2H3,(H,34,42)(H,35,40)(H,36,41)(H4,31,32,33). The van der Waals surface area contributed by atoms with E-state index in [0.717, 1.165) is 45.3 Å². The molecule has 4 saturated heterocycles. The molecule has 0 saturated carbocycles. The second-order valence-electron chi connectivity index (χ2n) is 12.2. The van der Waals surface area contributed by atoms with Crippen LogP contribution in [0.15, 0.2) is 4.99 Å². The number of nitrogens with two attached hydrogens (primary N) is 2. The lowest BCUT2D eigenvalue weighted by molar-refractivity contribution is -0.143. The minimum Gasteiger partial charge on any atom is -0.370 e. The Hall–Kier alpha value is -3.22. The van der Waals surface area contributed by atoms with Gasteiger partial charge in [0.25, 0.3) is 0 Å². The molecule has 4 amide bonds. The molecule has 13 nitrogen and oxygen atoms in total. The Balaban J connectivity index is 1.69. The van der Waals surface area contributed by atoms with Crippen molar-refractivity contribution in [2.24, 2.45) is 28.3 Å². The summed E-state index contributed by atoms with van der Waals surface area (Å²) in [5.41, 5.74) is 10.7. The van der Waals surface area contributed by atoms with Gasteiger partial charge in [-0.2, -0.15) is 0 Å². The third kappa shape index (κ3) is 10.2. The summed E-state index contributed by atoms with van der Waals surface area (Å²) in [6.07, 6.45) is 7.47. The molecule has 4 aliphatic rings. The minimum absolute atomic E-state index is 0.0342. The molecular formula is C30H52N8O5. The van der Waals surface area contributed by atoms with Crippen LogP contribution in [0.5, 0.6) is 0 Å². The molecule has 13 heteroatoms. The Morgan fingerprint density at radius 1 is 0.977 bits per heavy atom. The van der Waals surface area contributed by atoms with Crippen molar-refractivity contribution in [1.29, 1.82) is 0 Å². The first-order valence-corrected chi connectivity index (χ1v) is 16.1. The smallest absolute Gasteiger partial charge is 0.246 e. The predicted molar refractivity (Wildman–Crippen MR) is 164 cm³/mol. The molecule has 0 aromatic rings. The molecule has 0 aromatic carbocycles. The molecule has 4 aliphatic heterocycles. The number of amides is 4. The van der Waals surface area contributed by atoms with Gasteiger partial charge in [-0.05, 0) is 70.4 Å². The predicted octanol–water partition coefficient (Wildman–Crippen LogP) is 0.0164. The molecular weight excluding hydrogens is 552 g/mol. The summed E-state index contributed by atoms with van der Waals surface area (Å²) < 4.78 is 0. The van der Waals surface area contributed by atoms with Crippen molar-refractivity contribution < 1.29 is 24.0 Å². The first-order valence-electron chi connectivity index (χ1n) is 16.1. The van der Waals surface area contributed by atoms with Gasteiger partial charge >= 0.3 is 0 Å². The zero-order chi connectivity index (χ0) is 31.4. The average molecular weight is 605 g/mol. The summed E-state index contributed by atoms with van der Waals surface area (Å²) in [5.74, 6) is -1.25. The van der Waals surface area contributed by atoms with Crippen LogP contribution in [0, 0.1) is 11.8 Å². The Labute approximate surface area is 255 Å². The topological polar surface area (TPSA) is 192 Å². The number of carbonyl (C=O) groups excluding carboxylic acids is 5. The number of hydrogen-bond donors (Lipinski definition) is 5. The van der Waals surface area contributed by atoms with Crippen molar-refractivity contribution in [2.75, 3.05) is 32.7 Å². The van der Waals surface area contributed by atoms with Gasteiger partial charge in [0.2, 0.25) is 23.6 Å². The molecule has 4 atom stereocenters. The highest BCUT2D eigenvalue weighted by Crippen LogP contribution is 2.28. The minimum atomic E-state index is -1.08. The van der Waals surface area contributed by atoms with E-state index >= 15 is 0 Å². The number of rotatable bonds is 17. The third-order valence-electron chi connectivity index (χ3n) is 8.95. The van der Waals surface area contributed by atoms with E-state index in [4.69, 9.17) is 11.5 Å². The molecule has 7 N–H and O–H groups in total. The number of nitrogens with one attached hydrogen (secondary N) is 3. The largest absolute Gasteiger partial charge is 0.370 e. The van der Waals surface area contributed by atoms with E-state index in [1.54, 1.807) is 0 Å². The number of nitrogens with zero attached hydrogens (tertiary/aromatic N) is 3. The summed E-state index contributed by atoms with van der Waals surface area (Å²) in [5, 5.41) is 8.77. The lowest BCUT2D eigenvalue weighted by Crippen LogP contribution is -2.59. The third-order valence-corrected chi connectivity index (χ3v) is 8.95. The molecule has 0 radical (unpaired) electrons. The van der Waals surface area contributed by atoms with Gasteiger partial charge in [-0.1, -0.05) is 26.7 Å². The molecule has 0 aliphatic carbocycles. The van der Waals surface area contributed by atoms with Crippen molar-refractivity contribution >= 4 is 35.9 Å². The summed E-state index contributed by atoms with van der Waals surface area (Å²) in [6.45, 7) is 7.58. The number of guanidine groups is 1. The first-order chi connectivity index (χ1) is 20.7. The van der Waals surface area contributed by atoms with Crippen LogP contribution < -0.4 is 27.4 Å². The Morgan fingerprint density at radius 3 is 2.26 bits per heavy atom. The number of aliphatic imine (C=N–C) groups is 1. The zero-order valence-electron chi connectivity index (χ0n) is 25.9. The van der Waals surface area contributed by atoms with Crippen LogP contribution in [-0.4, -0.2) is 103 Å². The van der Waals surface area contributed by atoms with Crippen LogP contribution in [-0.2, 0) is 24.0 Å². The van der Waals surface area contributed by atoms with Crippen molar-refractivity contribution in [3.63, 3.8) is 0 Å². The highest BCUT2D eigenvalue weighted by molar-refractivity contribution is 5.96. The van der Waals surface area contributed by atoms with Gasteiger partial charge in [-0.3, -0.25) is 24.2 Å². The van der Waals surface area contributed by atoms with Crippen molar-refractivity contribution in [1.82, 2.24) is 25.8 Å². The SMILES string of the molecule is CCCC(CCC)C(=O)NC(CC(=O)NC1CN2CCC1CC2)C(=O)N1CCCC1C(=O)NC(C=O)CCCN=C(N)N. The maximum absolute atomic E-state index is 14.0. The van der Waals surface area contributed by atoms with Gasteiger partial charge in [0.05, 0.1) is 12.5 Å². The molecule has 0 spiro atoms. The van der Waals surface area contributed by atoms with E-state index in [-0.39, 0.29) is 36.2 Å². The highest BCUT2D eigenvalue weighted by Gasteiger charge is 2.40. The van der Waals surface area contributed by atoms with E-state index in [2.05, 4.69) is 25.8 Å². The second-order valence-corrected chi connectivity index (χ2v) is 12.2. The van der Waals surface area contributed by atoms with Crippen LogP contribution in [0.1, 0.15) is 84.5 Å². The zero-order valence-corrected chi connectivity index (χ0v) is 25.9. The Kier molecular flexibility index (Phi) is 13.7. The summed E-state index contributed by atoms with van der Waals surface area (Å²) in [7, 11) is 0. The van der Waals surface area contributed by atoms with Gasteiger partial charge in [-0.25, -0.2) is 0 Å². The molecule has 2 bridgehead atoms. The maximum Gasteiger partial charge on any atom is 0.246 e. The lowest BCUT2D eigenvalue weighted by Gasteiger charge is -2.45. The highest BCUT2D eigenvalue weighted by atomic mass is 16.2. The van der Waals surface area contributed by atoms with Crippen LogP contribution in [0.4, 0.5) is 0 Å². The van der Waals surface area contributed by atoms with Crippen molar-refractivity contribution in [2.45, 2.75) is 109 Å². The quantitative estimate of drug-likeness (QED) is 0.0664. The first kappa shape index (κ1) is 34.3. The number of piperidine rings is 3. The van der Waals surface area contributed by atoms with Gasteiger partial charge < -0.3 is 42.0 Å². The second kappa shape index (κ2) is 17.2. The van der Waals surface area contributed by atoms with E-state index in [9.17, 15) is 24.0 Å². The fraction of sp³-hybridized carbons (Fsp3) is 0.800. The molecule has 0 aromatic heterocycles. The number of hydrogen-bond acceptors (Lipinski definition) is 7. The van der Waals surface area contributed by atoms with Gasteiger partial charge in [0.15, 0.2) is 5.96 Å². The monoisotopic (exact) mass is 604 g/mol. The van der Waals surface area contributed by atoms with Crippen LogP contribution in [0.25, 0.3) is 0 Å². The normalized spacial score (nSPS) is 24.2. The van der Waals surface area contributed by atoms with Crippen molar-refractivity contribution in [3.8, 4) is 0 Å². The molecule has 4 unspecified atom stereocenters. The fourth-order valence-corrected chi connectivity index (χ4v) is 6.65. The number of aldehydes is 1. The van der Waals surface area contributed by atoms with Crippen LogP contribution in [0.3, 0.4) is 0 Å². The lowest BCUT2D eigenvalue weighted by atomic mass is 9.84. The number of fused-ring (bicyclic) bond motifs is 3. The van der Waals surface area contributed by atoms with E-state index in [0.29, 0.717) is 63.8 Å². The molecule has 43 heavy (non-hydrogen) atoms. The van der Waals surface area contributed by atoms with Crippen LogP contribution in [0.2, 0.25) is 0 Å². The summed E-state index contributed by atoms with van der Waals surface area (Å²) in [6, 6.07) is -2.59.